The molecule has 0 aliphatic heterocycles. The van der Waals surface area contributed by atoms with Gasteiger partial charge in [0.1, 0.15) is 6.07 Å². The zero-order chi connectivity index (χ0) is 21.8. The first-order valence-electron chi connectivity index (χ1n) is 9.78. The number of benzene rings is 3. The topological polar surface area (TPSA) is 106 Å². The van der Waals surface area contributed by atoms with Crippen molar-refractivity contribution in [1.82, 2.24) is 10.3 Å². The minimum absolute atomic E-state index is 0.196. The number of aromatic nitrogens is 1. The second-order valence-electron chi connectivity index (χ2n) is 7.13. The van der Waals surface area contributed by atoms with Gasteiger partial charge in [-0.2, -0.15) is 5.26 Å². The van der Waals surface area contributed by atoms with Crippen molar-refractivity contribution in [2.45, 2.75) is 6.42 Å². The van der Waals surface area contributed by atoms with Gasteiger partial charge >= 0.3 is 5.97 Å². The molecule has 0 bridgehead atoms. The third kappa shape index (κ3) is 4.16. The van der Waals surface area contributed by atoms with Gasteiger partial charge in [-0.05, 0) is 53.4 Å². The van der Waals surface area contributed by atoms with Crippen LogP contribution in [-0.4, -0.2) is 28.5 Å². The molecule has 4 aromatic rings. The lowest BCUT2D eigenvalue weighted by Crippen LogP contribution is -2.26. The molecule has 1 amide bonds. The summed E-state index contributed by atoms with van der Waals surface area (Å²) < 4.78 is 0. The Labute approximate surface area is 178 Å². The van der Waals surface area contributed by atoms with E-state index < -0.39 is 5.97 Å². The van der Waals surface area contributed by atoms with Crippen molar-refractivity contribution >= 4 is 22.8 Å². The molecule has 4 rings (SSSR count). The number of carboxylic acid groups (broad SMARTS) is 1. The summed E-state index contributed by atoms with van der Waals surface area (Å²) >= 11 is 0. The number of nitriles is 1. The number of rotatable bonds is 6. The van der Waals surface area contributed by atoms with Gasteiger partial charge in [0.25, 0.3) is 5.91 Å². The van der Waals surface area contributed by atoms with Gasteiger partial charge in [-0.3, -0.25) is 4.79 Å². The van der Waals surface area contributed by atoms with Crippen molar-refractivity contribution < 1.29 is 14.7 Å². The number of carbonyl (C=O) groups is 2. The molecule has 0 saturated heterocycles. The van der Waals surface area contributed by atoms with E-state index in [0.717, 1.165) is 27.6 Å². The molecular formula is C25H19N3O3. The quantitative estimate of drug-likeness (QED) is 0.439. The van der Waals surface area contributed by atoms with Gasteiger partial charge in [0.05, 0.1) is 11.1 Å². The molecule has 0 atom stereocenters. The maximum absolute atomic E-state index is 12.8. The summed E-state index contributed by atoms with van der Waals surface area (Å²) in [6, 6.07) is 21.7. The number of fused-ring (bicyclic) bond motifs is 1. The molecule has 152 valence electrons. The maximum Gasteiger partial charge on any atom is 0.335 e. The van der Waals surface area contributed by atoms with Crippen LogP contribution in [0.3, 0.4) is 0 Å². The maximum atomic E-state index is 12.8. The smallest absolute Gasteiger partial charge is 0.335 e. The summed E-state index contributed by atoms with van der Waals surface area (Å²) in [5, 5.41) is 22.1. The number of nitrogens with one attached hydrogen (secondary N) is 2. The van der Waals surface area contributed by atoms with Gasteiger partial charge in [-0.1, -0.05) is 36.4 Å². The minimum atomic E-state index is -0.989. The molecule has 0 spiro atoms. The van der Waals surface area contributed by atoms with Gasteiger partial charge in [-0.15, -0.1) is 0 Å². The lowest BCUT2D eigenvalue weighted by molar-refractivity contribution is 0.0696. The van der Waals surface area contributed by atoms with Crippen LogP contribution in [-0.2, 0) is 6.42 Å². The van der Waals surface area contributed by atoms with Crippen LogP contribution < -0.4 is 5.32 Å². The number of H-pyrrole nitrogens is 1. The van der Waals surface area contributed by atoms with Gasteiger partial charge in [-0.25, -0.2) is 4.79 Å². The van der Waals surface area contributed by atoms with Crippen LogP contribution in [0, 0.1) is 11.3 Å². The number of aromatic amines is 1. The molecule has 0 aliphatic rings. The number of aromatic carboxylic acids is 1. The summed E-state index contributed by atoms with van der Waals surface area (Å²) in [7, 11) is 0. The molecule has 0 saturated carbocycles. The average Bonchev–Trinajstić information content (AvgIpc) is 3.21. The summed E-state index contributed by atoms with van der Waals surface area (Å²) in [4.78, 5) is 27.0. The molecule has 3 aromatic carbocycles. The summed E-state index contributed by atoms with van der Waals surface area (Å²) in [6.07, 6.45) is 2.32. The normalized spacial score (nSPS) is 10.5. The first-order chi connectivity index (χ1) is 15.1. The van der Waals surface area contributed by atoms with E-state index in [1.165, 1.54) is 12.1 Å². The Hall–Kier alpha value is -4.37. The van der Waals surface area contributed by atoms with Gasteiger partial charge in [0.15, 0.2) is 0 Å². The van der Waals surface area contributed by atoms with Crippen LogP contribution in [0.1, 0.15) is 31.8 Å². The van der Waals surface area contributed by atoms with Crippen molar-refractivity contribution in [2.24, 2.45) is 0 Å². The highest BCUT2D eigenvalue weighted by atomic mass is 16.4. The lowest BCUT2D eigenvalue weighted by Gasteiger charge is -2.11. The lowest BCUT2D eigenvalue weighted by atomic mass is 9.98. The molecule has 6 heteroatoms. The Morgan fingerprint density at radius 3 is 2.55 bits per heavy atom. The Balaban J connectivity index is 1.47. The number of hydrogen-bond acceptors (Lipinski definition) is 3. The van der Waals surface area contributed by atoms with E-state index in [4.69, 9.17) is 5.11 Å². The Kier molecular flexibility index (Phi) is 5.50. The third-order valence-electron chi connectivity index (χ3n) is 5.18. The number of nitrogens with zero attached hydrogens (tertiary/aromatic N) is 1. The second kappa shape index (κ2) is 8.56. The highest BCUT2D eigenvalue weighted by Crippen LogP contribution is 2.24. The Morgan fingerprint density at radius 1 is 1.03 bits per heavy atom. The SMILES string of the molecule is N#Cc1c[nH]c2ccc(CCNC(=O)c3ccccc3-c3ccc(C(=O)O)cc3)cc12. The van der Waals surface area contributed by atoms with E-state index in [2.05, 4.69) is 16.4 Å². The molecule has 31 heavy (non-hydrogen) atoms. The van der Waals surface area contributed by atoms with Crippen molar-refractivity contribution in [2.75, 3.05) is 6.54 Å². The fourth-order valence-corrected chi connectivity index (χ4v) is 3.56. The molecule has 6 nitrogen and oxygen atoms in total. The summed E-state index contributed by atoms with van der Waals surface area (Å²) in [5.41, 5.74) is 4.78. The van der Waals surface area contributed by atoms with Gasteiger partial charge < -0.3 is 15.4 Å². The van der Waals surface area contributed by atoms with Crippen molar-refractivity contribution in [1.29, 1.82) is 5.26 Å². The molecule has 0 fully saturated rings. The fourth-order valence-electron chi connectivity index (χ4n) is 3.56. The number of carboxylic acids is 1. The number of carbonyl (C=O) groups excluding carboxylic acids is 1. The second-order valence-corrected chi connectivity index (χ2v) is 7.13. The van der Waals surface area contributed by atoms with E-state index in [-0.39, 0.29) is 11.5 Å². The third-order valence-corrected chi connectivity index (χ3v) is 5.18. The zero-order valence-electron chi connectivity index (χ0n) is 16.6. The number of amides is 1. The summed E-state index contributed by atoms with van der Waals surface area (Å²) in [6.45, 7) is 0.447. The van der Waals surface area contributed by atoms with Gasteiger partial charge in [0.2, 0.25) is 0 Å². The predicted octanol–water partition coefficient (Wildman–Crippen LogP) is 4.38. The molecular weight excluding hydrogens is 390 g/mol. The average molecular weight is 409 g/mol. The number of hydrogen-bond donors (Lipinski definition) is 3. The van der Waals surface area contributed by atoms with E-state index in [9.17, 15) is 14.9 Å². The monoisotopic (exact) mass is 409 g/mol. The highest BCUT2D eigenvalue weighted by molar-refractivity contribution is 6.01. The first-order valence-corrected chi connectivity index (χ1v) is 9.78. The van der Waals surface area contributed by atoms with Crippen LogP contribution in [0.25, 0.3) is 22.0 Å². The zero-order valence-corrected chi connectivity index (χ0v) is 16.6. The molecule has 3 N–H and O–H groups in total. The van der Waals surface area contributed by atoms with E-state index in [1.54, 1.807) is 30.5 Å². The van der Waals surface area contributed by atoms with Crippen LogP contribution in [0.5, 0.6) is 0 Å². The van der Waals surface area contributed by atoms with Crippen LogP contribution in [0.4, 0.5) is 0 Å². The Bertz CT molecular complexity index is 1310. The highest BCUT2D eigenvalue weighted by Gasteiger charge is 2.13. The van der Waals surface area contributed by atoms with Crippen LogP contribution in [0.2, 0.25) is 0 Å². The van der Waals surface area contributed by atoms with E-state index >= 15 is 0 Å². The van der Waals surface area contributed by atoms with Crippen molar-refractivity contribution in [3.63, 3.8) is 0 Å². The van der Waals surface area contributed by atoms with Crippen molar-refractivity contribution in [3.8, 4) is 17.2 Å². The fraction of sp³-hybridized carbons (Fsp3) is 0.0800. The standard InChI is InChI=1S/C25H19N3O3/c26-14-19-15-28-23-10-5-16(13-22(19)23)11-12-27-24(29)21-4-2-1-3-20(21)17-6-8-18(9-7-17)25(30)31/h1-10,13,15,28H,11-12H2,(H,27,29)(H,30,31). The predicted molar refractivity (Wildman–Crippen MR) is 118 cm³/mol. The Morgan fingerprint density at radius 2 is 1.81 bits per heavy atom. The molecule has 0 aliphatic carbocycles. The molecule has 0 unspecified atom stereocenters. The van der Waals surface area contributed by atoms with Crippen LogP contribution in [0.15, 0.2) is 72.9 Å². The largest absolute Gasteiger partial charge is 0.478 e. The molecule has 1 heterocycles. The first kappa shape index (κ1) is 19.9. The van der Waals surface area contributed by atoms with E-state index in [0.29, 0.717) is 24.1 Å². The minimum Gasteiger partial charge on any atom is -0.478 e. The van der Waals surface area contributed by atoms with Crippen molar-refractivity contribution in [3.05, 3.63) is 95.2 Å². The summed E-state index contributed by atoms with van der Waals surface area (Å²) in [5.74, 6) is -1.18. The molecule has 0 radical (unpaired) electrons. The molecule has 1 aromatic heterocycles. The van der Waals surface area contributed by atoms with Gasteiger partial charge in [0, 0.05) is 29.2 Å². The van der Waals surface area contributed by atoms with E-state index in [1.807, 2.05) is 30.3 Å². The van der Waals surface area contributed by atoms with Crippen LogP contribution >= 0.6 is 0 Å².